The predicted molar refractivity (Wildman–Crippen MR) is 104 cm³/mol. The van der Waals surface area contributed by atoms with Crippen molar-refractivity contribution in [1.82, 2.24) is 14.9 Å². The van der Waals surface area contributed by atoms with Crippen LogP contribution >= 0.6 is 12.2 Å². The predicted octanol–water partition coefficient (Wildman–Crippen LogP) is 4.20. The number of H-pyrrole nitrogens is 1. The fourth-order valence-corrected chi connectivity index (χ4v) is 2.55. The van der Waals surface area contributed by atoms with Gasteiger partial charge in [0.15, 0.2) is 17.3 Å². The summed E-state index contributed by atoms with van der Waals surface area (Å²) in [5.74, 6) is 1.04. The van der Waals surface area contributed by atoms with E-state index in [2.05, 4.69) is 21.9 Å². The van der Waals surface area contributed by atoms with Crippen LogP contribution < -0.4 is 9.47 Å². The molecule has 0 fully saturated rings. The van der Waals surface area contributed by atoms with Gasteiger partial charge in [0.1, 0.15) is 12.4 Å². The van der Waals surface area contributed by atoms with Gasteiger partial charge in [-0.2, -0.15) is 14.9 Å². The Labute approximate surface area is 160 Å². The minimum absolute atomic E-state index is 0.252. The number of halogens is 1. The number of aromatic nitrogens is 3. The van der Waals surface area contributed by atoms with Crippen molar-refractivity contribution in [3.8, 4) is 22.9 Å². The average molecular weight is 384 g/mol. The molecule has 6 nitrogen and oxygen atoms in total. The minimum Gasteiger partial charge on any atom is -0.493 e. The van der Waals surface area contributed by atoms with Gasteiger partial charge in [-0.15, -0.1) is 0 Å². The molecule has 0 bridgehead atoms. The molecule has 0 spiro atoms. The van der Waals surface area contributed by atoms with E-state index in [9.17, 15) is 4.39 Å². The van der Waals surface area contributed by atoms with Crippen molar-refractivity contribution < 1.29 is 13.9 Å². The van der Waals surface area contributed by atoms with Crippen molar-refractivity contribution in [2.24, 2.45) is 5.10 Å². The summed E-state index contributed by atoms with van der Waals surface area (Å²) < 4.78 is 26.6. The third-order valence-corrected chi connectivity index (χ3v) is 3.90. The second-order valence-electron chi connectivity index (χ2n) is 5.40. The maximum absolute atomic E-state index is 14.1. The van der Waals surface area contributed by atoms with E-state index >= 15 is 0 Å². The first kappa shape index (κ1) is 18.5. The molecule has 0 unspecified atom stereocenters. The molecule has 1 N–H and O–H groups in total. The zero-order valence-electron chi connectivity index (χ0n) is 14.6. The van der Waals surface area contributed by atoms with E-state index in [-0.39, 0.29) is 10.6 Å². The van der Waals surface area contributed by atoms with Crippen LogP contribution in [0.5, 0.6) is 11.5 Å². The summed E-state index contributed by atoms with van der Waals surface area (Å²) in [6, 6.07) is 11.7. The number of ether oxygens (including phenoxy) is 2. The summed E-state index contributed by atoms with van der Waals surface area (Å²) in [5.41, 5.74) is 1.05. The van der Waals surface area contributed by atoms with Gasteiger partial charge in [-0.3, -0.25) is 0 Å². The zero-order chi connectivity index (χ0) is 19.2. The van der Waals surface area contributed by atoms with Crippen LogP contribution in [0.15, 0.2) is 60.2 Å². The van der Waals surface area contributed by atoms with Crippen molar-refractivity contribution in [2.45, 2.75) is 0 Å². The second-order valence-corrected chi connectivity index (χ2v) is 5.79. The molecule has 1 aromatic heterocycles. The van der Waals surface area contributed by atoms with Gasteiger partial charge in [0.2, 0.25) is 4.77 Å². The summed E-state index contributed by atoms with van der Waals surface area (Å²) in [5, 5.41) is 11.0. The molecule has 3 aromatic rings. The Morgan fingerprint density at radius 1 is 1.30 bits per heavy atom. The highest BCUT2D eigenvalue weighted by Gasteiger charge is 2.12. The SMILES string of the molecule is C=CCOc1ccc(/C=N\n2c(-c3ccccc3F)n[nH]c2=S)cc1OC. The highest BCUT2D eigenvalue weighted by Crippen LogP contribution is 2.27. The van der Waals surface area contributed by atoms with E-state index in [0.29, 0.717) is 23.7 Å². The fourth-order valence-electron chi connectivity index (χ4n) is 2.37. The number of hydrogen-bond donors (Lipinski definition) is 1. The van der Waals surface area contributed by atoms with Crippen LogP contribution in [0.25, 0.3) is 11.4 Å². The Bertz CT molecular complexity index is 1040. The Kier molecular flexibility index (Phi) is 5.77. The first-order chi connectivity index (χ1) is 13.1. The largest absolute Gasteiger partial charge is 0.493 e. The quantitative estimate of drug-likeness (QED) is 0.377. The summed E-state index contributed by atoms with van der Waals surface area (Å²) in [4.78, 5) is 0. The van der Waals surface area contributed by atoms with Crippen LogP contribution in [0.4, 0.5) is 4.39 Å². The van der Waals surface area contributed by atoms with Crippen molar-refractivity contribution in [3.63, 3.8) is 0 Å². The van der Waals surface area contributed by atoms with Crippen LogP contribution in [0.3, 0.4) is 0 Å². The lowest BCUT2D eigenvalue weighted by Gasteiger charge is -2.09. The van der Waals surface area contributed by atoms with Crippen molar-refractivity contribution in [3.05, 3.63) is 71.3 Å². The number of methoxy groups -OCH3 is 1. The number of nitrogens with one attached hydrogen (secondary N) is 1. The number of hydrogen-bond acceptors (Lipinski definition) is 5. The summed E-state index contributed by atoms with van der Waals surface area (Å²) >= 11 is 5.20. The minimum atomic E-state index is -0.409. The molecule has 0 radical (unpaired) electrons. The molecule has 0 saturated carbocycles. The van der Waals surface area contributed by atoms with Gasteiger partial charge in [0.25, 0.3) is 0 Å². The van der Waals surface area contributed by atoms with Gasteiger partial charge in [-0.1, -0.05) is 24.8 Å². The van der Waals surface area contributed by atoms with Gasteiger partial charge in [-0.25, -0.2) is 9.49 Å². The van der Waals surface area contributed by atoms with Gasteiger partial charge >= 0.3 is 0 Å². The van der Waals surface area contributed by atoms with Gasteiger partial charge in [0, 0.05) is 0 Å². The highest BCUT2D eigenvalue weighted by molar-refractivity contribution is 7.71. The van der Waals surface area contributed by atoms with E-state index in [1.165, 1.54) is 10.7 Å². The standard InChI is InChI=1S/C19H17FN4O2S/c1-3-10-26-16-9-8-13(11-17(16)25-2)12-21-24-18(22-23-19(24)27)14-6-4-5-7-15(14)20/h3-9,11-12H,1,10H2,2H3,(H,23,27)/b21-12-. The molecule has 138 valence electrons. The third-order valence-electron chi connectivity index (χ3n) is 3.63. The Morgan fingerprint density at radius 3 is 2.85 bits per heavy atom. The Balaban J connectivity index is 1.93. The fraction of sp³-hybridized carbons (Fsp3) is 0.105. The van der Waals surface area contributed by atoms with Crippen LogP contribution in [0.2, 0.25) is 0 Å². The van der Waals surface area contributed by atoms with Crippen LogP contribution in [0, 0.1) is 10.6 Å². The molecule has 1 heterocycles. The number of nitrogens with zero attached hydrogens (tertiary/aromatic N) is 3. The van der Waals surface area contributed by atoms with E-state index in [0.717, 1.165) is 5.56 Å². The third kappa shape index (κ3) is 4.12. The maximum Gasteiger partial charge on any atom is 0.216 e. The first-order valence-electron chi connectivity index (χ1n) is 8.02. The Hall–Kier alpha value is -3.26. The average Bonchev–Trinajstić information content (AvgIpc) is 3.05. The number of benzene rings is 2. The van der Waals surface area contributed by atoms with Gasteiger partial charge < -0.3 is 9.47 Å². The molecule has 2 aromatic carbocycles. The monoisotopic (exact) mass is 384 g/mol. The highest BCUT2D eigenvalue weighted by atomic mass is 32.1. The molecular formula is C19H17FN4O2S. The van der Waals surface area contributed by atoms with Crippen molar-refractivity contribution >= 4 is 18.4 Å². The van der Waals surface area contributed by atoms with Crippen LogP contribution in [-0.4, -0.2) is 34.8 Å². The molecule has 8 heteroatoms. The van der Waals surface area contributed by atoms with E-state index < -0.39 is 5.82 Å². The first-order valence-corrected chi connectivity index (χ1v) is 8.43. The zero-order valence-corrected chi connectivity index (χ0v) is 15.4. The van der Waals surface area contributed by atoms with Crippen molar-refractivity contribution in [2.75, 3.05) is 13.7 Å². The van der Waals surface area contributed by atoms with E-state index in [4.69, 9.17) is 21.7 Å². The maximum atomic E-state index is 14.1. The number of aromatic amines is 1. The molecule has 0 saturated heterocycles. The molecule has 27 heavy (non-hydrogen) atoms. The lowest BCUT2D eigenvalue weighted by Crippen LogP contribution is -1.98. The topological polar surface area (TPSA) is 64.4 Å². The molecule has 0 atom stereocenters. The summed E-state index contributed by atoms with van der Waals surface area (Å²) in [6.45, 7) is 3.99. The van der Waals surface area contributed by atoms with E-state index in [1.54, 1.807) is 49.7 Å². The van der Waals surface area contributed by atoms with E-state index in [1.807, 2.05) is 6.07 Å². The summed E-state index contributed by atoms with van der Waals surface area (Å²) in [7, 11) is 1.56. The molecule has 0 amide bonds. The molecule has 3 rings (SSSR count). The Morgan fingerprint density at radius 2 is 2.11 bits per heavy atom. The molecule has 0 aliphatic heterocycles. The van der Waals surface area contributed by atoms with Crippen molar-refractivity contribution in [1.29, 1.82) is 0 Å². The lowest BCUT2D eigenvalue weighted by atomic mass is 10.2. The smallest absolute Gasteiger partial charge is 0.216 e. The molecular weight excluding hydrogens is 367 g/mol. The normalized spacial score (nSPS) is 10.9. The van der Waals surface area contributed by atoms with Gasteiger partial charge in [0.05, 0.1) is 18.9 Å². The summed E-state index contributed by atoms with van der Waals surface area (Å²) in [6.07, 6.45) is 3.23. The second kappa shape index (κ2) is 8.41. The lowest BCUT2D eigenvalue weighted by molar-refractivity contribution is 0.326. The van der Waals surface area contributed by atoms with Gasteiger partial charge in [-0.05, 0) is 48.1 Å². The van der Waals surface area contributed by atoms with Crippen LogP contribution in [0.1, 0.15) is 5.56 Å². The molecule has 0 aliphatic carbocycles. The van der Waals surface area contributed by atoms with Crippen LogP contribution in [-0.2, 0) is 0 Å². The number of rotatable bonds is 7. The molecule has 0 aliphatic rings.